The van der Waals surface area contributed by atoms with Crippen LogP contribution in [0.1, 0.15) is 26.3 Å². The molecule has 0 fully saturated rings. The third kappa shape index (κ3) is 3.53. The number of hydrogen-bond donors (Lipinski definition) is 0. The predicted molar refractivity (Wildman–Crippen MR) is 68.7 cm³/mol. The normalized spacial score (nSPS) is 10.5. The summed E-state index contributed by atoms with van der Waals surface area (Å²) in [4.78, 5) is 13.1. The molecule has 0 bridgehead atoms. The third-order valence-electron chi connectivity index (χ3n) is 2.06. The van der Waals surface area contributed by atoms with Crippen molar-refractivity contribution in [1.29, 1.82) is 0 Å². The zero-order valence-corrected chi connectivity index (χ0v) is 10.7. The van der Waals surface area contributed by atoms with Crippen LogP contribution in [0.3, 0.4) is 0 Å². The predicted octanol–water partition coefficient (Wildman–Crippen LogP) is 3.33. The van der Waals surface area contributed by atoms with Crippen LogP contribution in [0.25, 0.3) is 0 Å². The monoisotopic (exact) mass is 231 g/mol. The van der Waals surface area contributed by atoms with E-state index in [2.05, 4.69) is 6.04 Å². The van der Waals surface area contributed by atoms with Crippen LogP contribution in [0.15, 0.2) is 24.3 Å². The SMILES string of the molecule is C#CN(C(=O)OC(C)(C)C)c1ccccc1C. The Kier molecular flexibility index (Phi) is 3.80. The molecule has 0 spiro atoms. The van der Waals surface area contributed by atoms with E-state index >= 15 is 0 Å². The van der Waals surface area contributed by atoms with Gasteiger partial charge in [0.1, 0.15) is 5.60 Å². The molecule has 0 saturated carbocycles. The molecule has 0 aliphatic carbocycles. The summed E-state index contributed by atoms with van der Waals surface area (Å²) in [5, 5.41) is 0. The quantitative estimate of drug-likeness (QED) is 0.548. The Hall–Kier alpha value is -1.95. The van der Waals surface area contributed by atoms with Crippen molar-refractivity contribution in [2.45, 2.75) is 33.3 Å². The molecular formula is C14H17NO2. The van der Waals surface area contributed by atoms with Crippen LogP contribution in [0, 0.1) is 19.4 Å². The number of rotatable bonds is 1. The molecule has 0 N–H and O–H groups in total. The van der Waals surface area contributed by atoms with Crippen LogP contribution < -0.4 is 4.90 Å². The Morgan fingerprint density at radius 2 is 1.94 bits per heavy atom. The van der Waals surface area contributed by atoms with Crippen molar-refractivity contribution in [1.82, 2.24) is 0 Å². The molecule has 0 aliphatic rings. The van der Waals surface area contributed by atoms with Gasteiger partial charge in [0.15, 0.2) is 0 Å². The van der Waals surface area contributed by atoms with E-state index < -0.39 is 11.7 Å². The number of carbonyl (C=O) groups is 1. The Morgan fingerprint density at radius 3 is 2.41 bits per heavy atom. The summed E-state index contributed by atoms with van der Waals surface area (Å²) in [6.07, 6.45) is 4.84. The van der Waals surface area contributed by atoms with E-state index in [0.717, 1.165) is 5.56 Å². The van der Waals surface area contributed by atoms with E-state index in [-0.39, 0.29) is 0 Å². The van der Waals surface area contributed by atoms with Crippen molar-refractivity contribution >= 4 is 11.8 Å². The molecule has 0 saturated heterocycles. The summed E-state index contributed by atoms with van der Waals surface area (Å²) in [7, 11) is 0. The van der Waals surface area contributed by atoms with Crippen LogP contribution in [0.5, 0.6) is 0 Å². The number of benzene rings is 1. The van der Waals surface area contributed by atoms with E-state index in [4.69, 9.17) is 11.2 Å². The average molecular weight is 231 g/mol. The van der Waals surface area contributed by atoms with Gasteiger partial charge in [-0.15, -0.1) is 0 Å². The lowest BCUT2D eigenvalue weighted by molar-refractivity contribution is 0.0600. The minimum Gasteiger partial charge on any atom is -0.443 e. The molecule has 0 radical (unpaired) electrons. The first-order chi connectivity index (χ1) is 7.85. The van der Waals surface area contributed by atoms with Gasteiger partial charge < -0.3 is 4.74 Å². The molecule has 17 heavy (non-hydrogen) atoms. The fraction of sp³-hybridized carbons (Fsp3) is 0.357. The number of para-hydroxylation sites is 1. The molecule has 0 aliphatic heterocycles. The van der Waals surface area contributed by atoms with Gasteiger partial charge in [0, 0.05) is 6.04 Å². The Bertz CT molecular complexity index is 452. The highest BCUT2D eigenvalue weighted by atomic mass is 16.6. The van der Waals surface area contributed by atoms with Gasteiger partial charge in [0.05, 0.1) is 5.69 Å². The van der Waals surface area contributed by atoms with E-state index in [0.29, 0.717) is 5.69 Å². The summed E-state index contributed by atoms with van der Waals surface area (Å²) in [6, 6.07) is 9.75. The lowest BCUT2D eigenvalue weighted by Crippen LogP contribution is -2.34. The Labute approximate surface area is 102 Å². The van der Waals surface area contributed by atoms with Crippen LogP contribution in [-0.4, -0.2) is 11.7 Å². The van der Waals surface area contributed by atoms with Gasteiger partial charge in [-0.25, -0.2) is 9.69 Å². The van der Waals surface area contributed by atoms with Crippen molar-refractivity contribution < 1.29 is 9.53 Å². The summed E-state index contributed by atoms with van der Waals surface area (Å²) in [5.41, 5.74) is 1.04. The average Bonchev–Trinajstić information content (AvgIpc) is 2.19. The van der Waals surface area contributed by atoms with E-state index in [1.807, 2.05) is 25.1 Å². The minimum absolute atomic E-state index is 0.533. The summed E-state index contributed by atoms with van der Waals surface area (Å²) in [5.74, 6) is 0. The third-order valence-corrected chi connectivity index (χ3v) is 2.06. The number of anilines is 1. The van der Waals surface area contributed by atoms with Gasteiger partial charge in [-0.3, -0.25) is 0 Å². The number of carbonyl (C=O) groups excluding carboxylic acids is 1. The number of hydrogen-bond acceptors (Lipinski definition) is 2. The van der Waals surface area contributed by atoms with Crippen LogP contribution in [0.2, 0.25) is 0 Å². The first kappa shape index (κ1) is 13.1. The maximum Gasteiger partial charge on any atom is 0.426 e. The molecular weight excluding hydrogens is 214 g/mol. The molecule has 1 aromatic rings. The van der Waals surface area contributed by atoms with Crippen molar-refractivity contribution in [2.24, 2.45) is 0 Å². The van der Waals surface area contributed by atoms with Crippen LogP contribution in [0.4, 0.5) is 10.5 Å². The van der Waals surface area contributed by atoms with Gasteiger partial charge >= 0.3 is 6.09 Å². The fourth-order valence-electron chi connectivity index (χ4n) is 1.34. The van der Waals surface area contributed by atoms with Gasteiger partial charge in [0.25, 0.3) is 0 Å². The molecule has 1 rings (SSSR count). The number of ether oxygens (including phenoxy) is 1. The van der Waals surface area contributed by atoms with Gasteiger partial charge in [-0.05, 0) is 39.3 Å². The molecule has 0 atom stereocenters. The highest BCUT2D eigenvalue weighted by Crippen LogP contribution is 2.21. The summed E-state index contributed by atoms with van der Waals surface area (Å²) >= 11 is 0. The summed E-state index contributed by atoms with van der Waals surface area (Å²) in [6.45, 7) is 7.30. The number of amides is 1. The first-order valence-corrected chi connectivity index (χ1v) is 5.40. The highest BCUT2D eigenvalue weighted by Gasteiger charge is 2.22. The van der Waals surface area contributed by atoms with Crippen LogP contribution >= 0.6 is 0 Å². The largest absolute Gasteiger partial charge is 0.443 e. The van der Waals surface area contributed by atoms with Crippen molar-refractivity contribution in [3.63, 3.8) is 0 Å². The van der Waals surface area contributed by atoms with Gasteiger partial charge in [0.2, 0.25) is 0 Å². The first-order valence-electron chi connectivity index (χ1n) is 5.40. The molecule has 1 amide bonds. The Morgan fingerprint density at radius 1 is 1.35 bits per heavy atom. The maximum atomic E-state index is 11.9. The van der Waals surface area contributed by atoms with Gasteiger partial charge in [-0.1, -0.05) is 24.6 Å². The second kappa shape index (κ2) is 4.92. The topological polar surface area (TPSA) is 29.5 Å². The number of aryl methyl sites for hydroxylation is 1. The van der Waals surface area contributed by atoms with Crippen molar-refractivity contribution in [2.75, 3.05) is 4.90 Å². The zero-order valence-electron chi connectivity index (χ0n) is 10.7. The molecule has 0 aromatic heterocycles. The highest BCUT2D eigenvalue weighted by molar-refractivity contribution is 5.92. The van der Waals surface area contributed by atoms with Crippen molar-refractivity contribution in [3.8, 4) is 12.5 Å². The smallest absolute Gasteiger partial charge is 0.426 e. The lowest BCUT2D eigenvalue weighted by atomic mass is 10.2. The lowest BCUT2D eigenvalue weighted by Gasteiger charge is -2.24. The standard InChI is InChI=1S/C14H17NO2/c1-6-15(13(16)17-14(3,4)5)12-10-8-7-9-11(12)2/h1,7-10H,2-5H3. The maximum absolute atomic E-state index is 11.9. The second-order valence-corrected chi connectivity index (χ2v) is 4.73. The molecule has 0 heterocycles. The number of nitrogens with zero attached hydrogens (tertiary/aromatic N) is 1. The van der Waals surface area contributed by atoms with E-state index in [9.17, 15) is 4.79 Å². The molecule has 0 unspecified atom stereocenters. The summed E-state index contributed by atoms with van der Waals surface area (Å²) < 4.78 is 5.24. The fourth-order valence-corrected chi connectivity index (χ4v) is 1.34. The van der Waals surface area contributed by atoms with E-state index in [1.54, 1.807) is 26.8 Å². The molecule has 1 aromatic carbocycles. The van der Waals surface area contributed by atoms with Crippen molar-refractivity contribution in [3.05, 3.63) is 29.8 Å². The van der Waals surface area contributed by atoms with Gasteiger partial charge in [-0.2, -0.15) is 0 Å². The zero-order chi connectivity index (χ0) is 13.1. The van der Waals surface area contributed by atoms with E-state index in [1.165, 1.54) is 4.90 Å². The molecule has 90 valence electrons. The van der Waals surface area contributed by atoms with Crippen LogP contribution in [-0.2, 0) is 4.74 Å². The molecule has 3 heteroatoms. The number of terminal acetylenes is 1. The molecule has 3 nitrogen and oxygen atoms in total. The second-order valence-electron chi connectivity index (χ2n) is 4.73. The Balaban J connectivity index is 2.98. The minimum atomic E-state index is -0.561.